The van der Waals surface area contributed by atoms with Gasteiger partial charge in [-0.25, -0.2) is 0 Å². The van der Waals surface area contributed by atoms with Gasteiger partial charge >= 0.3 is 0 Å². The summed E-state index contributed by atoms with van der Waals surface area (Å²) in [6.45, 7) is -0.523. The Morgan fingerprint density at radius 2 is 1.92 bits per heavy atom. The first-order chi connectivity index (χ1) is 11.5. The molecule has 0 aliphatic heterocycles. The van der Waals surface area contributed by atoms with Crippen molar-refractivity contribution < 1.29 is 19.8 Å². The third-order valence-electron chi connectivity index (χ3n) is 3.18. The Labute approximate surface area is 138 Å². The molecule has 2 aromatic rings. The number of hydrogen-bond acceptors (Lipinski definition) is 6. The molecule has 2 rings (SSSR count). The number of pyridine rings is 1. The number of aliphatic hydroxyl groups excluding tert-OH is 2. The van der Waals surface area contributed by atoms with Gasteiger partial charge in [0.1, 0.15) is 5.69 Å². The Morgan fingerprint density at radius 3 is 2.54 bits per heavy atom. The van der Waals surface area contributed by atoms with E-state index in [4.69, 9.17) is 10.8 Å². The Morgan fingerprint density at radius 1 is 1.17 bits per heavy atom. The van der Waals surface area contributed by atoms with Gasteiger partial charge in [0.05, 0.1) is 29.6 Å². The summed E-state index contributed by atoms with van der Waals surface area (Å²) in [5, 5.41) is 23.0. The van der Waals surface area contributed by atoms with Crippen LogP contribution in [0.5, 0.6) is 0 Å². The van der Waals surface area contributed by atoms with Gasteiger partial charge in [-0.3, -0.25) is 14.6 Å². The lowest BCUT2D eigenvalue weighted by atomic mass is 10.2. The van der Waals surface area contributed by atoms with Crippen LogP contribution in [0, 0.1) is 0 Å². The highest BCUT2D eigenvalue weighted by molar-refractivity contribution is 6.04. The molecular weight excluding hydrogens is 312 g/mol. The van der Waals surface area contributed by atoms with Crippen LogP contribution < -0.4 is 16.4 Å². The first-order valence-corrected chi connectivity index (χ1v) is 7.20. The number of rotatable bonds is 6. The number of hydrogen-bond donors (Lipinski definition) is 5. The zero-order chi connectivity index (χ0) is 17.5. The second-order valence-electron chi connectivity index (χ2n) is 5.02. The summed E-state index contributed by atoms with van der Waals surface area (Å²) in [6.07, 6.45) is 0.229. The smallest absolute Gasteiger partial charge is 0.274 e. The predicted octanol–water partition coefficient (Wildman–Crippen LogP) is -0.000900. The van der Waals surface area contributed by atoms with E-state index in [1.165, 1.54) is 18.3 Å². The quantitative estimate of drug-likeness (QED) is 0.473. The van der Waals surface area contributed by atoms with Crippen LogP contribution in [-0.4, -0.2) is 46.3 Å². The van der Waals surface area contributed by atoms with E-state index >= 15 is 0 Å². The summed E-state index contributed by atoms with van der Waals surface area (Å²) < 4.78 is 0. The third kappa shape index (κ3) is 4.51. The maximum absolute atomic E-state index is 12.1. The van der Waals surface area contributed by atoms with Crippen molar-refractivity contribution in [3.63, 3.8) is 0 Å². The van der Waals surface area contributed by atoms with Crippen LogP contribution in [0.15, 0.2) is 42.6 Å². The van der Waals surface area contributed by atoms with Crippen LogP contribution in [0.1, 0.15) is 20.8 Å². The molecule has 1 aromatic carbocycles. The number of nitrogens with one attached hydrogen (secondary N) is 2. The van der Waals surface area contributed by atoms with E-state index in [0.717, 1.165) is 0 Å². The molecule has 0 saturated heterocycles. The third-order valence-corrected chi connectivity index (χ3v) is 3.18. The fourth-order valence-corrected chi connectivity index (χ4v) is 1.84. The minimum absolute atomic E-state index is 0.0785. The Kier molecular flexibility index (Phi) is 5.83. The van der Waals surface area contributed by atoms with Crippen molar-refractivity contribution in [3.05, 3.63) is 53.9 Å². The first kappa shape index (κ1) is 17.4. The highest BCUT2D eigenvalue weighted by Gasteiger charge is 2.12. The van der Waals surface area contributed by atoms with Crippen molar-refractivity contribution in [3.8, 4) is 0 Å². The zero-order valence-electron chi connectivity index (χ0n) is 12.8. The van der Waals surface area contributed by atoms with E-state index < -0.39 is 24.5 Å². The minimum Gasteiger partial charge on any atom is -0.397 e. The predicted molar refractivity (Wildman–Crippen MR) is 88.5 cm³/mol. The Hall–Kier alpha value is -2.97. The van der Waals surface area contributed by atoms with E-state index in [1.54, 1.807) is 24.3 Å². The summed E-state index contributed by atoms with van der Waals surface area (Å²) in [4.78, 5) is 27.9. The van der Waals surface area contributed by atoms with Gasteiger partial charge in [-0.05, 0) is 24.3 Å². The van der Waals surface area contributed by atoms with Crippen LogP contribution in [-0.2, 0) is 0 Å². The summed E-state index contributed by atoms with van der Waals surface area (Å²) >= 11 is 0. The molecule has 0 spiro atoms. The van der Waals surface area contributed by atoms with Gasteiger partial charge < -0.3 is 26.6 Å². The van der Waals surface area contributed by atoms with Crippen molar-refractivity contribution in [2.24, 2.45) is 0 Å². The molecule has 1 heterocycles. The maximum Gasteiger partial charge on any atom is 0.274 e. The molecule has 0 saturated carbocycles. The van der Waals surface area contributed by atoms with Crippen LogP contribution >= 0.6 is 0 Å². The second-order valence-corrected chi connectivity index (χ2v) is 5.02. The standard InChI is InChI=1S/C16H18N4O4/c17-12-3-1-2-4-13(12)20-16(24)14-6-5-10(7-18-14)15(23)19-8-11(22)9-21/h1-7,11,21-22H,8-9,17H2,(H,19,23)(H,20,24)/t11-/m0/s1. The highest BCUT2D eigenvalue weighted by Crippen LogP contribution is 2.17. The summed E-state index contributed by atoms with van der Waals surface area (Å²) in [6, 6.07) is 9.68. The second kappa shape index (κ2) is 8.04. The molecule has 0 radical (unpaired) electrons. The lowest BCUT2D eigenvalue weighted by Gasteiger charge is -2.09. The number of carbonyl (C=O) groups excluding carboxylic acids is 2. The van der Waals surface area contributed by atoms with E-state index in [1.807, 2.05) is 0 Å². The number of benzene rings is 1. The van der Waals surface area contributed by atoms with E-state index in [2.05, 4.69) is 15.6 Å². The van der Waals surface area contributed by atoms with Crippen LogP contribution in [0.3, 0.4) is 0 Å². The number of para-hydroxylation sites is 2. The molecule has 0 bridgehead atoms. The lowest BCUT2D eigenvalue weighted by molar-refractivity contribution is 0.0801. The Bertz CT molecular complexity index is 718. The maximum atomic E-state index is 12.1. The number of nitrogens with zero attached hydrogens (tertiary/aromatic N) is 1. The van der Waals surface area contributed by atoms with Crippen molar-refractivity contribution in [2.75, 3.05) is 24.2 Å². The SMILES string of the molecule is Nc1ccccc1NC(=O)c1ccc(C(=O)NC[C@H](O)CO)cn1. The van der Waals surface area contributed by atoms with Crippen LogP contribution in [0.2, 0.25) is 0 Å². The molecule has 24 heavy (non-hydrogen) atoms. The van der Waals surface area contributed by atoms with Crippen molar-refractivity contribution in [1.29, 1.82) is 0 Å². The van der Waals surface area contributed by atoms with Gasteiger partial charge in [0.25, 0.3) is 11.8 Å². The fourth-order valence-electron chi connectivity index (χ4n) is 1.84. The number of nitrogen functional groups attached to an aromatic ring is 1. The summed E-state index contributed by atoms with van der Waals surface area (Å²) in [7, 11) is 0. The van der Waals surface area contributed by atoms with Crippen molar-refractivity contribution in [1.82, 2.24) is 10.3 Å². The topological polar surface area (TPSA) is 138 Å². The molecule has 2 amide bonds. The number of amides is 2. The summed E-state index contributed by atoms with van der Waals surface area (Å²) in [5.41, 5.74) is 7.03. The number of aromatic nitrogens is 1. The molecule has 8 heteroatoms. The summed E-state index contributed by atoms with van der Waals surface area (Å²) in [5.74, 6) is -0.912. The number of carbonyl (C=O) groups is 2. The molecule has 8 nitrogen and oxygen atoms in total. The number of aliphatic hydroxyl groups is 2. The largest absolute Gasteiger partial charge is 0.397 e. The molecule has 0 aliphatic carbocycles. The molecule has 126 valence electrons. The highest BCUT2D eigenvalue weighted by atomic mass is 16.3. The van der Waals surface area contributed by atoms with Gasteiger partial charge in [-0.15, -0.1) is 0 Å². The van der Waals surface area contributed by atoms with E-state index in [0.29, 0.717) is 11.4 Å². The van der Waals surface area contributed by atoms with Crippen LogP contribution in [0.4, 0.5) is 11.4 Å². The zero-order valence-corrected chi connectivity index (χ0v) is 12.8. The average molecular weight is 330 g/mol. The first-order valence-electron chi connectivity index (χ1n) is 7.20. The molecule has 1 aromatic heterocycles. The van der Waals surface area contributed by atoms with E-state index in [-0.39, 0.29) is 17.8 Å². The van der Waals surface area contributed by atoms with E-state index in [9.17, 15) is 14.7 Å². The van der Waals surface area contributed by atoms with Gasteiger partial charge in [-0.2, -0.15) is 0 Å². The number of nitrogens with two attached hydrogens (primary N) is 1. The fraction of sp³-hybridized carbons (Fsp3) is 0.188. The lowest BCUT2D eigenvalue weighted by Crippen LogP contribution is -2.34. The molecule has 0 unspecified atom stereocenters. The van der Waals surface area contributed by atoms with Crippen LogP contribution in [0.25, 0.3) is 0 Å². The monoisotopic (exact) mass is 330 g/mol. The molecule has 0 fully saturated rings. The van der Waals surface area contributed by atoms with Gasteiger partial charge in [0, 0.05) is 12.7 Å². The molecule has 1 atom stereocenters. The van der Waals surface area contributed by atoms with Gasteiger partial charge in [0.2, 0.25) is 0 Å². The van der Waals surface area contributed by atoms with Crippen molar-refractivity contribution >= 4 is 23.2 Å². The minimum atomic E-state index is -1.02. The van der Waals surface area contributed by atoms with Crippen molar-refractivity contribution in [2.45, 2.75) is 6.10 Å². The average Bonchev–Trinajstić information content (AvgIpc) is 2.61. The molecule has 6 N–H and O–H groups in total. The Balaban J connectivity index is 1.99. The van der Waals surface area contributed by atoms with Gasteiger partial charge in [0.15, 0.2) is 0 Å². The normalized spacial score (nSPS) is 11.6. The number of anilines is 2. The molecule has 0 aliphatic rings. The van der Waals surface area contributed by atoms with Gasteiger partial charge in [-0.1, -0.05) is 12.1 Å². The molecular formula is C16H18N4O4.